The number of benzene rings is 1. The van der Waals surface area contributed by atoms with Gasteiger partial charge in [0.15, 0.2) is 11.5 Å². The molecule has 108 valence electrons. The van der Waals surface area contributed by atoms with Crippen LogP contribution >= 0.6 is 0 Å². The van der Waals surface area contributed by atoms with Gasteiger partial charge in [0.05, 0.1) is 20.4 Å². The lowest BCUT2D eigenvalue weighted by atomic mass is 10.2. The molecule has 1 N–H and O–H groups in total. The first-order chi connectivity index (χ1) is 10.2. The number of aromatic nitrogens is 1. The molecule has 1 aromatic carbocycles. The van der Waals surface area contributed by atoms with Gasteiger partial charge in [0.25, 0.3) is 5.91 Å². The smallest absolute Gasteiger partial charge is 0.271 e. The van der Waals surface area contributed by atoms with Gasteiger partial charge >= 0.3 is 0 Å². The highest BCUT2D eigenvalue weighted by Gasteiger charge is 2.09. The maximum Gasteiger partial charge on any atom is 0.271 e. The minimum absolute atomic E-state index is 0.337. The number of hydrogen-bond acceptors (Lipinski definition) is 5. The quantitative estimate of drug-likeness (QED) is 0.672. The number of rotatable bonds is 5. The molecule has 0 atom stereocenters. The summed E-state index contributed by atoms with van der Waals surface area (Å²) >= 11 is 0. The molecule has 1 heterocycles. The lowest BCUT2D eigenvalue weighted by molar-refractivity contribution is 0.0954. The first-order valence-electron chi connectivity index (χ1n) is 6.20. The summed E-state index contributed by atoms with van der Waals surface area (Å²) in [6.45, 7) is 0. The highest BCUT2D eigenvalue weighted by molar-refractivity contribution is 5.95. The first-order valence-corrected chi connectivity index (χ1v) is 6.20. The van der Waals surface area contributed by atoms with Gasteiger partial charge in [-0.2, -0.15) is 5.10 Å². The van der Waals surface area contributed by atoms with E-state index >= 15 is 0 Å². The minimum atomic E-state index is -0.337. The van der Waals surface area contributed by atoms with Gasteiger partial charge in [-0.05, 0) is 24.3 Å². The van der Waals surface area contributed by atoms with Crippen molar-refractivity contribution in [1.82, 2.24) is 10.4 Å². The van der Waals surface area contributed by atoms with Crippen LogP contribution in [0.1, 0.15) is 15.9 Å². The SMILES string of the molecule is COc1ccc(C(=O)N/N=C\c2cccnc2)cc1OC. The fourth-order valence-electron chi connectivity index (χ4n) is 1.66. The molecule has 0 aliphatic rings. The second-order valence-corrected chi connectivity index (χ2v) is 4.06. The Kier molecular flexibility index (Phi) is 4.87. The Morgan fingerprint density at radius 1 is 1.24 bits per heavy atom. The molecular weight excluding hydrogens is 270 g/mol. The van der Waals surface area contributed by atoms with Crippen molar-refractivity contribution in [2.24, 2.45) is 5.10 Å². The zero-order chi connectivity index (χ0) is 15.1. The first kappa shape index (κ1) is 14.5. The third-order valence-electron chi connectivity index (χ3n) is 2.71. The van der Waals surface area contributed by atoms with Crippen LogP contribution in [-0.2, 0) is 0 Å². The number of carbonyl (C=O) groups excluding carboxylic acids is 1. The van der Waals surface area contributed by atoms with E-state index in [0.717, 1.165) is 5.56 Å². The van der Waals surface area contributed by atoms with Crippen molar-refractivity contribution < 1.29 is 14.3 Å². The van der Waals surface area contributed by atoms with Crippen molar-refractivity contribution in [1.29, 1.82) is 0 Å². The fraction of sp³-hybridized carbons (Fsp3) is 0.133. The lowest BCUT2D eigenvalue weighted by Crippen LogP contribution is -2.17. The molecule has 0 fully saturated rings. The molecule has 6 nitrogen and oxygen atoms in total. The number of methoxy groups -OCH3 is 2. The summed E-state index contributed by atoms with van der Waals surface area (Å²) in [5.74, 6) is 0.713. The van der Waals surface area contributed by atoms with Crippen LogP contribution in [-0.4, -0.2) is 31.3 Å². The molecule has 21 heavy (non-hydrogen) atoms. The summed E-state index contributed by atoms with van der Waals surface area (Å²) in [7, 11) is 3.05. The van der Waals surface area contributed by atoms with Crippen LogP contribution in [0.2, 0.25) is 0 Å². The van der Waals surface area contributed by atoms with Gasteiger partial charge in [-0.25, -0.2) is 5.43 Å². The van der Waals surface area contributed by atoms with Gasteiger partial charge in [0.2, 0.25) is 0 Å². The van der Waals surface area contributed by atoms with E-state index in [1.54, 1.807) is 36.7 Å². The predicted octanol–water partition coefficient (Wildman–Crippen LogP) is 1.86. The van der Waals surface area contributed by atoms with Crippen molar-refractivity contribution in [3.8, 4) is 11.5 Å². The van der Waals surface area contributed by atoms with E-state index in [2.05, 4.69) is 15.5 Å². The van der Waals surface area contributed by atoms with Gasteiger partial charge in [0.1, 0.15) is 0 Å². The summed E-state index contributed by atoms with van der Waals surface area (Å²) < 4.78 is 10.3. The summed E-state index contributed by atoms with van der Waals surface area (Å²) in [5, 5.41) is 3.88. The summed E-state index contributed by atoms with van der Waals surface area (Å²) in [4.78, 5) is 15.9. The van der Waals surface area contributed by atoms with Crippen LogP contribution in [0, 0.1) is 0 Å². The molecule has 0 saturated heterocycles. The van der Waals surface area contributed by atoms with Crippen molar-refractivity contribution in [2.75, 3.05) is 14.2 Å². The topological polar surface area (TPSA) is 72.8 Å². The molecule has 1 aromatic heterocycles. The van der Waals surface area contributed by atoms with Crippen molar-refractivity contribution in [2.45, 2.75) is 0 Å². The average Bonchev–Trinajstić information content (AvgIpc) is 2.55. The van der Waals surface area contributed by atoms with E-state index in [1.807, 2.05) is 6.07 Å². The number of hydrogen-bond donors (Lipinski definition) is 1. The Bertz CT molecular complexity index is 642. The molecule has 0 bridgehead atoms. The van der Waals surface area contributed by atoms with E-state index < -0.39 is 0 Å². The molecule has 0 radical (unpaired) electrons. The van der Waals surface area contributed by atoms with E-state index in [-0.39, 0.29) is 5.91 Å². The third-order valence-corrected chi connectivity index (χ3v) is 2.71. The van der Waals surface area contributed by atoms with Crippen LogP contribution in [0.3, 0.4) is 0 Å². The Hall–Kier alpha value is -2.89. The Labute approximate surface area is 122 Å². The molecule has 0 aliphatic carbocycles. The summed E-state index contributed by atoms with van der Waals surface area (Å²) in [6, 6.07) is 8.51. The zero-order valence-corrected chi connectivity index (χ0v) is 11.7. The second-order valence-electron chi connectivity index (χ2n) is 4.06. The molecule has 1 amide bonds. The number of hydrazone groups is 1. The van der Waals surface area contributed by atoms with E-state index in [0.29, 0.717) is 17.1 Å². The molecule has 0 spiro atoms. The summed E-state index contributed by atoms with van der Waals surface area (Å²) in [6.07, 6.45) is 4.83. The predicted molar refractivity (Wildman–Crippen MR) is 78.8 cm³/mol. The Morgan fingerprint density at radius 2 is 2.05 bits per heavy atom. The van der Waals surface area contributed by atoms with Gasteiger partial charge in [-0.3, -0.25) is 9.78 Å². The van der Waals surface area contributed by atoms with Crippen LogP contribution < -0.4 is 14.9 Å². The fourth-order valence-corrected chi connectivity index (χ4v) is 1.66. The van der Waals surface area contributed by atoms with Crippen molar-refractivity contribution >= 4 is 12.1 Å². The molecular formula is C15H15N3O3. The van der Waals surface area contributed by atoms with E-state index in [4.69, 9.17) is 9.47 Å². The van der Waals surface area contributed by atoms with Gasteiger partial charge < -0.3 is 9.47 Å². The normalized spacial score (nSPS) is 10.4. The molecule has 0 unspecified atom stereocenters. The molecule has 0 saturated carbocycles. The number of amides is 1. The zero-order valence-electron chi connectivity index (χ0n) is 11.7. The van der Waals surface area contributed by atoms with Crippen LogP contribution in [0.5, 0.6) is 11.5 Å². The van der Waals surface area contributed by atoms with Crippen LogP contribution in [0.25, 0.3) is 0 Å². The van der Waals surface area contributed by atoms with Crippen molar-refractivity contribution in [3.63, 3.8) is 0 Å². The molecule has 6 heteroatoms. The van der Waals surface area contributed by atoms with E-state index in [9.17, 15) is 4.79 Å². The minimum Gasteiger partial charge on any atom is -0.493 e. The van der Waals surface area contributed by atoms with Gasteiger partial charge in [-0.1, -0.05) is 6.07 Å². The maximum atomic E-state index is 12.0. The van der Waals surface area contributed by atoms with Gasteiger partial charge in [0, 0.05) is 23.5 Å². The second kappa shape index (κ2) is 7.04. The van der Waals surface area contributed by atoms with Gasteiger partial charge in [-0.15, -0.1) is 0 Å². The third kappa shape index (κ3) is 3.79. The number of ether oxygens (including phenoxy) is 2. The van der Waals surface area contributed by atoms with Crippen LogP contribution in [0.15, 0.2) is 47.8 Å². The largest absolute Gasteiger partial charge is 0.493 e. The lowest BCUT2D eigenvalue weighted by Gasteiger charge is -2.08. The standard InChI is InChI=1S/C15H15N3O3/c1-20-13-6-5-12(8-14(13)21-2)15(19)18-17-10-11-4-3-7-16-9-11/h3-10H,1-2H3,(H,18,19)/b17-10-. The number of nitrogens with one attached hydrogen (secondary N) is 1. The molecule has 2 aromatic rings. The highest BCUT2D eigenvalue weighted by atomic mass is 16.5. The summed E-state index contributed by atoms with van der Waals surface area (Å²) in [5.41, 5.74) is 3.67. The van der Waals surface area contributed by atoms with E-state index in [1.165, 1.54) is 20.4 Å². The highest BCUT2D eigenvalue weighted by Crippen LogP contribution is 2.27. The van der Waals surface area contributed by atoms with Crippen molar-refractivity contribution in [3.05, 3.63) is 53.9 Å². The average molecular weight is 285 g/mol. The Balaban J connectivity index is 2.05. The number of pyridine rings is 1. The Morgan fingerprint density at radius 3 is 2.71 bits per heavy atom. The molecule has 2 rings (SSSR count). The van der Waals surface area contributed by atoms with Crippen LogP contribution in [0.4, 0.5) is 0 Å². The number of carbonyl (C=O) groups is 1. The monoisotopic (exact) mass is 285 g/mol. The molecule has 0 aliphatic heterocycles. The maximum absolute atomic E-state index is 12.0. The number of nitrogens with zero attached hydrogens (tertiary/aromatic N) is 2.